The van der Waals surface area contributed by atoms with Crippen LogP contribution in [0.5, 0.6) is 11.5 Å². The van der Waals surface area contributed by atoms with Gasteiger partial charge in [0, 0.05) is 24.8 Å². The van der Waals surface area contributed by atoms with Crippen LogP contribution in [-0.2, 0) is 13.1 Å². The second-order valence-electron chi connectivity index (χ2n) is 5.12. The molecule has 5 heteroatoms. The second-order valence-corrected chi connectivity index (χ2v) is 5.12. The Morgan fingerprint density at radius 3 is 2.48 bits per heavy atom. The van der Waals surface area contributed by atoms with Gasteiger partial charge in [0.1, 0.15) is 0 Å². The van der Waals surface area contributed by atoms with Crippen molar-refractivity contribution in [2.75, 3.05) is 12.1 Å². The topological polar surface area (TPSA) is 50.8 Å². The van der Waals surface area contributed by atoms with Crippen molar-refractivity contribution in [3.05, 3.63) is 53.6 Å². The van der Waals surface area contributed by atoms with E-state index in [0.717, 1.165) is 0 Å². The fourth-order valence-corrected chi connectivity index (χ4v) is 2.65. The minimum atomic E-state index is -0.106. The Bertz CT molecular complexity index is 689. The van der Waals surface area contributed by atoms with Crippen molar-refractivity contribution >= 4 is 11.7 Å². The van der Waals surface area contributed by atoms with Crippen LogP contribution in [0.3, 0.4) is 0 Å². The number of carbonyl (C=O) groups excluding carboxylic acids is 1. The number of urea groups is 1. The summed E-state index contributed by atoms with van der Waals surface area (Å²) in [5.41, 5.74) is 3.12. The number of anilines is 1. The Morgan fingerprint density at radius 2 is 1.71 bits per heavy atom. The van der Waals surface area contributed by atoms with E-state index in [-0.39, 0.29) is 12.8 Å². The molecule has 2 amide bonds. The van der Waals surface area contributed by atoms with Crippen molar-refractivity contribution < 1.29 is 14.3 Å². The van der Waals surface area contributed by atoms with Crippen LogP contribution in [0.4, 0.5) is 10.5 Å². The molecule has 2 aromatic carbocycles. The normalized spacial score (nSPS) is 15.0. The van der Waals surface area contributed by atoms with Crippen LogP contribution >= 0.6 is 0 Å². The predicted octanol–water partition coefficient (Wildman–Crippen LogP) is 2.96. The molecular formula is C16H14N2O3. The lowest BCUT2D eigenvalue weighted by Gasteiger charge is -2.16. The third-order valence-corrected chi connectivity index (χ3v) is 3.75. The maximum absolute atomic E-state index is 12.3. The molecule has 106 valence electrons. The van der Waals surface area contributed by atoms with Crippen LogP contribution in [0.1, 0.15) is 11.1 Å². The molecule has 0 spiro atoms. The van der Waals surface area contributed by atoms with Crippen LogP contribution in [0.2, 0.25) is 0 Å². The standard InChI is InChI=1S/C16H14N2O3/c19-16(18-8-11-3-1-2-4-12(11)9-18)17-13-5-6-14-15(7-13)21-10-20-14/h1-7H,8-10H2,(H,17,19). The highest BCUT2D eigenvalue weighted by Crippen LogP contribution is 2.34. The van der Waals surface area contributed by atoms with Gasteiger partial charge in [-0.25, -0.2) is 4.79 Å². The highest BCUT2D eigenvalue weighted by atomic mass is 16.7. The lowest BCUT2D eigenvalue weighted by molar-refractivity contribution is 0.174. The van der Waals surface area contributed by atoms with Crippen molar-refractivity contribution in [1.82, 2.24) is 4.90 Å². The first-order chi connectivity index (χ1) is 10.3. The summed E-state index contributed by atoms with van der Waals surface area (Å²) in [6.07, 6.45) is 0. The van der Waals surface area contributed by atoms with E-state index in [0.29, 0.717) is 30.3 Å². The van der Waals surface area contributed by atoms with Crippen LogP contribution < -0.4 is 14.8 Å². The molecule has 0 unspecified atom stereocenters. The van der Waals surface area contributed by atoms with Gasteiger partial charge in [0.2, 0.25) is 6.79 Å². The maximum Gasteiger partial charge on any atom is 0.322 e. The summed E-state index contributed by atoms with van der Waals surface area (Å²) in [5, 5.41) is 2.90. The van der Waals surface area contributed by atoms with Crippen LogP contribution in [0.25, 0.3) is 0 Å². The molecule has 2 aliphatic rings. The molecule has 21 heavy (non-hydrogen) atoms. The Morgan fingerprint density at radius 1 is 1.00 bits per heavy atom. The van der Waals surface area contributed by atoms with Crippen LogP contribution in [-0.4, -0.2) is 17.7 Å². The lowest BCUT2D eigenvalue weighted by atomic mass is 10.1. The Balaban J connectivity index is 1.47. The molecule has 1 N–H and O–H groups in total. The zero-order chi connectivity index (χ0) is 14.2. The molecule has 0 aliphatic carbocycles. The highest BCUT2D eigenvalue weighted by molar-refractivity contribution is 5.90. The smallest absolute Gasteiger partial charge is 0.322 e. The average molecular weight is 282 g/mol. The molecule has 5 nitrogen and oxygen atoms in total. The minimum Gasteiger partial charge on any atom is -0.454 e. The summed E-state index contributed by atoms with van der Waals surface area (Å²) in [4.78, 5) is 14.1. The highest BCUT2D eigenvalue weighted by Gasteiger charge is 2.23. The quantitative estimate of drug-likeness (QED) is 0.875. The number of fused-ring (bicyclic) bond motifs is 2. The summed E-state index contributed by atoms with van der Waals surface area (Å²) < 4.78 is 10.6. The van der Waals surface area contributed by atoms with Gasteiger partial charge in [-0.3, -0.25) is 0 Å². The number of rotatable bonds is 1. The van der Waals surface area contributed by atoms with Crippen LogP contribution in [0.15, 0.2) is 42.5 Å². The first-order valence-electron chi connectivity index (χ1n) is 6.82. The number of nitrogens with zero attached hydrogens (tertiary/aromatic N) is 1. The first kappa shape index (κ1) is 12.1. The van der Waals surface area contributed by atoms with E-state index in [1.165, 1.54) is 11.1 Å². The maximum atomic E-state index is 12.3. The van der Waals surface area contributed by atoms with Crippen molar-refractivity contribution in [1.29, 1.82) is 0 Å². The first-order valence-corrected chi connectivity index (χ1v) is 6.82. The Labute approximate surface area is 122 Å². The third kappa shape index (κ3) is 2.16. The van der Waals surface area contributed by atoms with Gasteiger partial charge in [-0.15, -0.1) is 0 Å². The monoisotopic (exact) mass is 282 g/mol. The van der Waals surface area contributed by atoms with E-state index in [9.17, 15) is 4.79 Å². The molecule has 0 aromatic heterocycles. The molecule has 4 rings (SSSR count). The lowest BCUT2D eigenvalue weighted by Crippen LogP contribution is -2.30. The fourth-order valence-electron chi connectivity index (χ4n) is 2.65. The SMILES string of the molecule is O=C(Nc1ccc2c(c1)OCO2)N1Cc2ccccc2C1. The van der Waals surface area contributed by atoms with Gasteiger partial charge >= 0.3 is 6.03 Å². The van der Waals surface area contributed by atoms with E-state index >= 15 is 0 Å². The number of hydrogen-bond acceptors (Lipinski definition) is 3. The molecule has 2 aromatic rings. The number of benzene rings is 2. The zero-order valence-corrected chi connectivity index (χ0v) is 11.3. The minimum absolute atomic E-state index is 0.106. The number of hydrogen-bond donors (Lipinski definition) is 1. The zero-order valence-electron chi connectivity index (χ0n) is 11.3. The van der Waals surface area contributed by atoms with Gasteiger partial charge in [0.15, 0.2) is 11.5 Å². The second kappa shape index (κ2) is 4.70. The molecule has 2 heterocycles. The summed E-state index contributed by atoms with van der Waals surface area (Å²) in [6.45, 7) is 1.52. The van der Waals surface area contributed by atoms with Gasteiger partial charge in [-0.05, 0) is 23.3 Å². The number of carbonyl (C=O) groups is 1. The molecule has 0 saturated heterocycles. The predicted molar refractivity (Wildman–Crippen MR) is 77.3 cm³/mol. The van der Waals surface area contributed by atoms with E-state index in [2.05, 4.69) is 17.4 Å². The van der Waals surface area contributed by atoms with E-state index in [4.69, 9.17) is 9.47 Å². The largest absolute Gasteiger partial charge is 0.454 e. The number of amides is 2. The van der Waals surface area contributed by atoms with Gasteiger partial charge < -0.3 is 19.7 Å². The fraction of sp³-hybridized carbons (Fsp3) is 0.188. The Hall–Kier alpha value is -2.69. The average Bonchev–Trinajstić information content (AvgIpc) is 3.13. The van der Waals surface area contributed by atoms with E-state index < -0.39 is 0 Å². The van der Waals surface area contributed by atoms with E-state index in [1.807, 2.05) is 18.2 Å². The van der Waals surface area contributed by atoms with Crippen molar-refractivity contribution in [2.24, 2.45) is 0 Å². The van der Waals surface area contributed by atoms with Crippen molar-refractivity contribution in [2.45, 2.75) is 13.1 Å². The molecule has 0 radical (unpaired) electrons. The molecule has 0 fully saturated rings. The molecule has 2 aliphatic heterocycles. The van der Waals surface area contributed by atoms with Gasteiger partial charge in [-0.2, -0.15) is 0 Å². The van der Waals surface area contributed by atoms with Gasteiger partial charge in [0.05, 0.1) is 0 Å². The molecule has 0 saturated carbocycles. The summed E-state index contributed by atoms with van der Waals surface area (Å²) in [7, 11) is 0. The van der Waals surface area contributed by atoms with E-state index in [1.54, 1.807) is 17.0 Å². The van der Waals surface area contributed by atoms with Gasteiger partial charge in [-0.1, -0.05) is 24.3 Å². The van der Waals surface area contributed by atoms with Crippen molar-refractivity contribution in [3.63, 3.8) is 0 Å². The Kier molecular flexibility index (Phi) is 2.70. The van der Waals surface area contributed by atoms with Gasteiger partial charge in [0.25, 0.3) is 0 Å². The summed E-state index contributed by atoms with van der Waals surface area (Å²) in [6, 6.07) is 13.4. The molecule has 0 atom stereocenters. The molecular weight excluding hydrogens is 268 g/mol. The number of ether oxygens (including phenoxy) is 2. The van der Waals surface area contributed by atoms with Crippen molar-refractivity contribution in [3.8, 4) is 11.5 Å². The van der Waals surface area contributed by atoms with Crippen LogP contribution in [0, 0.1) is 0 Å². The summed E-state index contributed by atoms with van der Waals surface area (Å²) >= 11 is 0. The number of nitrogens with one attached hydrogen (secondary N) is 1. The summed E-state index contributed by atoms with van der Waals surface area (Å²) in [5.74, 6) is 1.37. The molecule has 0 bridgehead atoms. The third-order valence-electron chi connectivity index (χ3n) is 3.75.